The van der Waals surface area contributed by atoms with Crippen molar-refractivity contribution in [1.82, 2.24) is 4.90 Å². The van der Waals surface area contributed by atoms with Gasteiger partial charge in [-0.15, -0.1) is 6.58 Å². The summed E-state index contributed by atoms with van der Waals surface area (Å²) >= 11 is 0. The molecule has 1 saturated heterocycles. The highest BCUT2D eigenvalue weighted by atomic mass is 19.4. The summed E-state index contributed by atoms with van der Waals surface area (Å²) < 4.78 is 51.1. The van der Waals surface area contributed by atoms with Gasteiger partial charge in [0.05, 0.1) is 43.2 Å². The van der Waals surface area contributed by atoms with Crippen molar-refractivity contribution in [2.75, 3.05) is 32.3 Å². The molecule has 3 amide bonds. The van der Waals surface area contributed by atoms with Crippen molar-refractivity contribution in [1.29, 1.82) is 5.26 Å². The number of anilines is 1. The van der Waals surface area contributed by atoms with Gasteiger partial charge in [-0.25, -0.2) is 9.69 Å². The number of methoxy groups -OCH3 is 1. The lowest BCUT2D eigenvalue weighted by Crippen LogP contribution is -2.49. The van der Waals surface area contributed by atoms with Gasteiger partial charge >= 0.3 is 12.2 Å². The second kappa shape index (κ2) is 8.96. The highest BCUT2D eigenvalue weighted by Gasteiger charge is 2.58. The average molecular weight is 459 g/mol. The number of urea groups is 1. The number of nitrogens with zero attached hydrogens (tertiary/aromatic N) is 3. The fourth-order valence-corrected chi connectivity index (χ4v) is 3.68. The van der Waals surface area contributed by atoms with E-state index in [1.165, 1.54) is 26.3 Å². The molecule has 1 unspecified atom stereocenters. The Morgan fingerprint density at radius 1 is 1.18 bits per heavy atom. The average Bonchev–Trinajstić information content (AvgIpc) is 2.99. The van der Waals surface area contributed by atoms with Gasteiger partial charge in [0.25, 0.3) is 5.91 Å². The number of likely N-dealkylation sites (N-methyl/N-ethyl adjacent to an activating group) is 1. The number of carbonyl (C=O) groups excluding carboxylic acids is 2. The predicted molar refractivity (Wildman–Crippen MR) is 112 cm³/mol. The topological polar surface area (TPSA) is 82.9 Å². The zero-order valence-electron chi connectivity index (χ0n) is 17.8. The number of amides is 3. The summed E-state index contributed by atoms with van der Waals surface area (Å²) in [5.74, 6) is -0.277. The van der Waals surface area contributed by atoms with E-state index in [0.29, 0.717) is 22.3 Å². The Balaban J connectivity index is 2.15. The molecule has 0 aliphatic carbocycles. The molecule has 1 atom stereocenters. The Morgan fingerprint density at radius 3 is 2.39 bits per heavy atom. The minimum Gasteiger partial charge on any atom is -0.497 e. The Bertz CT molecular complexity index is 1130. The molecular weight excluding hydrogens is 439 g/mol. The van der Waals surface area contributed by atoms with Gasteiger partial charge in [0.2, 0.25) is 0 Å². The van der Waals surface area contributed by atoms with E-state index < -0.39 is 34.8 Å². The first-order chi connectivity index (χ1) is 15.6. The van der Waals surface area contributed by atoms with Crippen LogP contribution in [-0.2, 0) is 21.2 Å². The van der Waals surface area contributed by atoms with Crippen LogP contribution in [0.3, 0.4) is 0 Å². The minimum atomic E-state index is -4.85. The summed E-state index contributed by atoms with van der Waals surface area (Å²) in [6.07, 6.45) is -3.38. The van der Waals surface area contributed by atoms with E-state index in [4.69, 9.17) is 14.7 Å². The first-order valence-electron chi connectivity index (χ1n) is 9.68. The first kappa shape index (κ1) is 23.8. The molecule has 0 saturated carbocycles. The van der Waals surface area contributed by atoms with Crippen LogP contribution in [0, 0.1) is 11.3 Å². The van der Waals surface area contributed by atoms with Gasteiger partial charge in [0, 0.05) is 7.05 Å². The number of alkyl halides is 3. The third-order valence-electron chi connectivity index (χ3n) is 5.41. The number of imide groups is 1. The van der Waals surface area contributed by atoms with Gasteiger partial charge in [-0.1, -0.05) is 18.2 Å². The van der Waals surface area contributed by atoms with E-state index in [2.05, 4.69) is 6.58 Å². The van der Waals surface area contributed by atoms with Crippen LogP contribution in [0.4, 0.5) is 23.7 Å². The zero-order chi connectivity index (χ0) is 24.4. The maximum absolute atomic E-state index is 13.7. The third kappa shape index (κ3) is 4.03. The molecule has 3 rings (SSSR count). The van der Waals surface area contributed by atoms with Gasteiger partial charge in [-0.3, -0.25) is 4.79 Å². The summed E-state index contributed by atoms with van der Waals surface area (Å²) in [6, 6.07) is 9.69. The zero-order valence-corrected chi connectivity index (χ0v) is 17.8. The maximum atomic E-state index is 13.7. The molecular formula is C23H20F3N3O4. The maximum Gasteiger partial charge on any atom is 0.417 e. The van der Waals surface area contributed by atoms with E-state index >= 15 is 0 Å². The molecule has 0 spiro atoms. The number of nitriles is 1. The molecule has 1 heterocycles. The summed E-state index contributed by atoms with van der Waals surface area (Å²) in [6.45, 7) is 3.38. The quantitative estimate of drug-likeness (QED) is 0.354. The van der Waals surface area contributed by atoms with Crippen molar-refractivity contribution in [3.63, 3.8) is 0 Å². The standard InChI is InChI=1S/C23H20F3N3O4/c1-4-11-33-14-22(16-6-9-18(32-3)10-7-16)20(30)29(21(31)28(22)2)17-8-5-15(13-27)19(12-17)23(24,25)26/h4-10,12H,1,11,14H2,2-3H3. The molecule has 2 aromatic rings. The number of ether oxygens (including phenoxy) is 2. The van der Waals surface area contributed by atoms with E-state index in [1.54, 1.807) is 24.3 Å². The summed E-state index contributed by atoms with van der Waals surface area (Å²) in [4.78, 5) is 28.6. The van der Waals surface area contributed by atoms with Crippen LogP contribution < -0.4 is 9.64 Å². The van der Waals surface area contributed by atoms with Crippen LogP contribution in [0.15, 0.2) is 55.1 Å². The SMILES string of the molecule is C=CCOCC1(c2ccc(OC)cc2)C(=O)N(c2ccc(C#N)c(C(F)(F)F)c2)C(=O)N1C. The normalized spacial score (nSPS) is 18.4. The fraction of sp³-hybridized carbons (Fsp3) is 0.261. The third-order valence-corrected chi connectivity index (χ3v) is 5.41. The second-order valence-electron chi connectivity index (χ2n) is 7.21. The Kier molecular flexibility index (Phi) is 6.46. The minimum absolute atomic E-state index is 0.0856. The van der Waals surface area contributed by atoms with Crippen LogP contribution in [0.5, 0.6) is 5.75 Å². The lowest BCUT2D eigenvalue weighted by atomic mass is 9.89. The van der Waals surface area contributed by atoms with Gasteiger partial charge < -0.3 is 14.4 Å². The molecule has 10 heteroatoms. The molecule has 0 bridgehead atoms. The van der Waals surface area contributed by atoms with E-state index in [1.807, 2.05) is 0 Å². The van der Waals surface area contributed by atoms with Gasteiger partial charge in [-0.2, -0.15) is 18.4 Å². The number of hydrogen-bond acceptors (Lipinski definition) is 5. The van der Waals surface area contributed by atoms with Crippen LogP contribution in [-0.4, -0.2) is 44.2 Å². The fourth-order valence-electron chi connectivity index (χ4n) is 3.68. The smallest absolute Gasteiger partial charge is 0.417 e. The van der Waals surface area contributed by atoms with Gasteiger partial charge in [0.15, 0.2) is 5.54 Å². The summed E-state index contributed by atoms with van der Waals surface area (Å²) in [5, 5.41) is 9.04. The first-order valence-corrected chi connectivity index (χ1v) is 9.68. The summed E-state index contributed by atoms with van der Waals surface area (Å²) in [5.41, 5.74) is -3.41. The molecule has 0 radical (unpaired) electrons. The van der Waals surface area contributed by atoms with Crippen LogP contribution >= 0.6 is 0 Å². The molecule has 1 aliphatic heterocycles. The van der Waals surface area contributed by atoms with Crippen molar-refractivity contribution in [3.05, 3.63) is 71.8 Å². The Morgan fingerprint density at radius 2 is 1.85 bits per heavy atom. The number of benzene rings is 2. The van der Waals surface area contributed by atoms with Crippen molar-refractivity contribution in [2.45, 2.75) is 11.7 Å². The lowest BCUT2D eigenvalue weighted by molar-refractivity contribution is -0.137. The summed E-state index contributed by atoms with van der Waals surface area (Å²) in [7, 11) is 2.84. The molecule has 0 aromatic heterocycles. The number of rotatable bonds is 7. The molecule has 1 fully saturated rings. The van der Waals surface area contributed by atoms with Crippen molar-refractivity contribution < 1.29 is 32.2 Å². The molecule has 1 aliphatic rings. The van der Waals surface area contributed by atoms with Crippen molar-refractivity contribution in [2.24, 2.45) is 0 Å². The van der Waals surface area contributed by atoms with Crippen LogP contribution in [0.1, 0.15) is 16.7 Å². The molecule has 33 heavy (non-hydrogen) atoms. The largest absolute Gasteiger partial charge is 0.497 e. The highest BCUT2D eigenvalue weighted by molar-refractivity contribution is 6.23. The highest BCUT2D eigenvalue weighted by Crippen LogP contribution is 2.41. The van der Waals surface area contributed by atoms with Crippen LogP contribution in [0.2, 0.25) is 0 Å². The van der Waals surface area contributed by atoms with Gasteiger partial charge in [0.1, 0.15) is 5.75 Å². The van der Waals surface area contributed by atoms with E-state index in [9.17, 15) is 22.8 Å². The molecule has 2 aromatic carbocycles. The van der Waals surface area contributed by atoms with Crippen molar-refractivity contribution in [3.8, 4) is 11.8 Å². The molecule has 172 valence electrons. The Labute approximate surface area is 188 Å². The van der Waals surface area contributed by atoms with E-state index in [0.717, 1.165) is 17.0 Å². The second-order valence-corrected chi connectivity index (χ2v) is 7.21. The molecule has 0 N–H and O–H groups in total. The van der Waals surface area contributed by atoms with Crippen LogP contribution in [0.25, 0.3) is 0 Å². The number of hydrogen-bond donors (Lipinski definition) is 0. The molecule has 7 nitrogen and oxygen atoms in total. The van der Waals surface area contributed by atoms with Crippen molar-refractivity contribution >= 4 is 17.6 Å². The number of carbonyl (C=O) groups is 2. The number of halogens is 3. The monoisotopic (exact) mass is 459 g/mol. The van der Waals surface area contributed by atoms with E-state index in [-0.39, 0.29) is 18.9 Å². The Hall–Kier alpha value is -3.84. The predicted octanol–water partition coefficient (Wildman–Crippen LogP) is 4.08. The van der Waals surface area contributed by atoms with Gasteiger partial charge in [-0.05, 0) is 35.9 Å². The lowest BCUT2D eigenvalue weighted by Gasteiger charge is -2.32.